The van der Waals surface area contributed by atoms with Gasteiger partial charge in [-0.3, -0.25) is 9.88 Å². The predicted octanol–water partition coefficient (Wildman–Crippen LogP) is 3.51. The molecule has 1 heterocycles. The van der Waals surface area contributed by atoms with E-state index in [1.54, 1.807) is 0 Å². The van der Waals surface area contributed by atoms with Crippen molar-refractivity contribution in [2.75, 3.05) is 6.54 Å². The molecule has 0 saturated carbocycles. The molecule has 0 saturated heterocycles. The number of hydrogen-bond donors (Lipinski definition) is 0. The van der Waals surface area contributed by atoms with Gasteiger partial charge in [-0.05, 0) is 38.8 Å². The summed E-state index contributed by atoms with van der Waals surface area (Å²) in [6, 6.07) is 7.09. The Balaban J connectivity index is 2.79. The van der Waals surface area contributed by atoms with Crippen molar-refractivity contribution in [3.8, 4) is 0 Å². The van der Waals surface area contributed by atoms with Gasteiger partial charge in [-0.1, -0.05) is 19.9 Å². The highest BCUT2D eigenvalue weighted by atomic mass is 15.2. The number of rotatable bonds is 5. The third-order valence-electron chi connectivity index (χ3n) is 2.85. The first-order chi connectivity index (χ1) is 7.52. The summed E-state index contributed by atoms with van der Waals surface area (Å²) in [5, 5.41) is 0. The molecule has 1 atom stereocenters. The molecule has 0 bridgehead atoms. The van der Waals surface area contributed by atoms with Crippen molar-refractivity contribution in [1.29, 1.82) is 0 Å². The van der Waals surface area contributed by atoms with Crippen LogP contribution < -0.4 is 0 Å². The normalized spacial score (nSPS) is 13.8. The molecular formula is C14H24N2. The zero-order valence-corrected chi connectivity index (χ0v) is 11.1. The molecule has 90 valence electrons. The molecule has 0 spiro atoms. The minimum Gasteiger partial charge on any atom is -0.292 e. The Hall–Kier alpha value is -0.890. The van der Waals surface area contributed by atoms with Gasteiger partial charge in [0.1, 0.15) is 0 Å². The molecule has 0 aliphatic rings. The average molecular weight is 220 g/mol. The lowest BCUT2D eigenvalue weighted by molar-refractivity contribution is 0.142. The van der Waals surface area contributed by atoms with Crippen molar-refractivity contribution < 1.29 is 0 Å². The first kappa shape index (κ1) is 13.2. The van der Waals surface area contributed by atoms with Crippen molar-refractivity contribution in [2.24, 2.45) is 5.92 Å². The van der Waals surface area contributed by atoms with Gasteiger partial charge >= 0.3 is 0 Å². The smallest absolute Gasteiger partial charge is 0.0572 e. The van der Waals surface area contributed by atoms with Crippen LogP contribution in [0.4, 0.5) is 0 Å². The molecule has 0 amide bonds. The van der Waals surface area contributed by atoms with Gasteiger partial charge in [0.05, 0.1) is 5.69 Å². The molecule has 1 unspecified atom stereocenters. The lowest BCUT2D eigenvalue weighted by atomic mass is 10.1. The third kappa shape index (κ3) is 3.60. The molecule has 0 N–H and O–H groups in total. The summed E-state index contributed by atoms with van der Waals surface area (Å²) >= 11 is 0. The molecule has 0 aliphatic heterocycles. The summed E-state index contributed by atoms with van der Waals surface area (Å²) in [5.74, 6) is 0.688. The van der Waals surface area contributed by atoms with Gasteiger partial charge in [-0.15, -0.1) is 0 Å². The van der Waals surface area contributed by atoms with E-state index in [-0.39, 0.29) is 0 Å². The molecule has 1 rings (SSSR count). The summed E-state index contributed by atoms with van der Waals surface area (Å²) in [6.45, 7) is 12.4. The number of nitrogens with zero attached hydrogens (tertiary/aromatic N) is 2. The number of pyridine rings is 1. The Bertz CT molecular complexity index is 293. The predicted molar refractivity (Wildman–Crippen MR) is 69.3 cm³/mol. The van der Waals surface area contributed by atoms with Crippen LogP contribution in [0.3, 0.4) is 0 Å². The van der Waals surface area contributed by atoms with Gasteiger partial charge in [0, 0.05) is 24.8 Å². The van der Waals surface area contributed by atoms with Gasteiger partial charge in [0.2, 0.25) is 0 Å². The standard InChI is InChI=1S/C14H24N2/c1-11(2)10-16(12(3)4)13(5)14-8-6-7-9-15-14/h6-9,11-13H,10H2,1-5H3. The van der Waals surface area contributed by atoms with E-state index in [2.05, 4.69) is 56.6 Å². The second kappa shape index (κ2) is 6.00. The first-order valence-electron chi connectivity index (χ1n) is 6.19. The lowest BCUT2D eigenvalue weighted by Crippen LogP contribution is -2.36. The minimum atomic E-state index is 0.392. The van der Waals surface area contributed by atoms with Crippen LogP contribution in [0, 0.1) is 5.92 Å². The fourth-order valence-corrected chi connectivity index (χ4v) is 2.03. The minimum absolute atomic E-state index is 0.392. The maximum atomic E-state index is 4.45. The summed E-state index contributed by atoms with van der Waals surface area (Å²) in [4.78, 5) is 6.95. The van der Waals surface area contributed by atoms with Crippen molar-refractivity contribution in [1.82, 2.24) is 9.88 Å². The quantitative estimate of drug-likeness (QED) is 0.755. The largest absolute Gasteiger partial charge is 0.292 e. The second-order valence-electron chi connectivity index (χ2n) is 5.11. The van der Waals surface area contributed by atoms with Crippen molar-refractivity contribution in [3.05, 3.63) is 30.1 Å². The third-order valence-corrected chi connectivity index (χ3v) is 2.85. The molecule has 0 fully saturated rings. The fraction of sp³-hybridized carbons (Fsp3) is 0.643. The Labute approximate surface area is 99.7 Å². The Morgan fingerprint density at radius 1 is 1.12 bits per heavy atom. The highest BCUT2D eigenvalue weighted by molar-refractivity contribution is 5.08. The maximum Gasteiger partial charge on any atom is 0.0572 e. The molecular weight excluding hydrogens is 196 g/mol. The summed E-state index contributed by atoms with van der Waals surface area (Å²) in [7, 11) is 0. The fourth-order valence-electron chi connectivity index (χ4n) is 2.03. The van der Waals surface area contributed by atoms with Crippen molar-refractivity contribution in [2.45, 2.75) is 46.7 Å². The SMILES string of the molecule is CC(C)CN(C(C)C)C(C)c1ccccn1. The van der Waals surface area contributed by atoms with Crippen molar-refractivity contribution >= 4 is 0 Å². The van der Waals surface area contributed by atoms with Crippen LogP contribution in [0.15, 0.2) is 24.4 Å². The van der Waals surface area contributed by atoms with Crippen LogP contribution in [0.1, 0.15) is 46.4 Å². The monoisotopic (exact) mass is 220 g/mol. The van der Waals surface area contributed by atoms with Gasteiger partial charge in [-0.25, -0.2) is 0 Å². The van der Waals surface area contributed by atoms with E-state index in [0.29, 0.717) is 18.0 Å². The Morgan fingerprint density at radius 3 is 2.25 bits per heavy atom. The van der Waals surface area contributed by atoms with Crippen LogP contribution in [0.5, 0.6) is 0 Å². The van der Waals surface area contributed by atoms with E-state index >= 15 is 0 Å². The lowest BCUT2D eigenvalue weighted by Gasteiger charge is -2.33. The van der Waals surface area contributed by atoms with Gasteiger partial charge < -0.3 is 0 Å². The van der Waals surface area contributed by atoms with E-state index < -0.39 is 0 Å². The van der Waals surface area contributed by atoms with E-state index in [0.717, 1.165) is 12.2 Å². The number of hydrogen-bond acceptors (Lipinski definition) is 2. The average Bonchev–Trinajstić information content (AvgIpc) is 2.25. The molecule has 16 heavy (non-hydrogen) atoms. The van der Waals surface area contributed by atoms with Crippen LogP contribution >= 0.6 is 0 Å². The Kier molecular flexibility index (Phi) is 4.94. The van der Waals surface area contributed by atoms with E-state index in [1.165, 1.54) is 0 Å². The summed E-state index contributed by atoms with van der Waals surface area (Å²) in [6.07, 6.45) is 1.87. The summed E-state index contributed by atoms with van der Waals surface area (Å²) < 4.78 is 0. The molecule has 1 aromatic rings. The first-order valence-corrected chi connectivity index (χ1v) is 6.19. The summed E-state index contributed by atoms with van der Waals surface area (Å²) in [5.41, 5.74) is 1.16. The van der Waals surface area contributed by atoms with E-state index in [9.17, 15) is 0 Å². The Morgan fingerprint density at radius 2 is 1.81 bits per heavy atom. The van der Waals surface area contributed by atoms with Crippen LogP contribution in [0.25, 0.3) is 0 Å². The zero-order valence-electron chi connectivity index (χ0n) is 11.1. The molecule has 0 aliphatic carbocycles. The van der Waals surface area contributed by atoms with Crippen molar-refractivity contribution in [3.63, 3.8) is 0 Å². The van der Waals surface area contributed by atoms with E-state index in [4.69, 9.17) is 0 Å². The van der Waals surface area contributed by atoms with Crippen LogP contribution in [0.2, 0.25) is 0 Å². The second-order valence-corrected chi connectivity index (χ2v) is 5.11. The topological polar surface area (TPSA) is 16.1 Å². The van der Waals surface area contributed by atoms with Crippen LogP contribution in [-0.4, -0.2) is 22.5 Å². The van der Waals surface area contributed by atoms with Gasteiger partial charge in [0.25, 0.3) is 0 Å². The molecule has 2 nitrogen and oxygen atoms in total. The molecule has 0 aromatic carbocycles. The molecule has 0 radical (unpaired) electrons. The zero-order chi connectivity index (χ0) is 12.1. The van der Waals surface area contributed by atoms with E-state index in [1.807, 2.05) is 12.3 Å². The number of aromatic nitrogens is 1. The highest BCUT2D eigenvalue weighted by Crippen LogP contribution is 2.21. The van der Waals surface area contributed by atoms with Gasteiger partial charge in [0.15, 0.2) is 0 Å². The van der Waals surface area contributed by atoms with Crippen LogP contribution in [-0.2, 0) is 0 Å². The maximum absolute atomic E-state index is 4.45. The molecule has 2 heteroatoms. The van der Waals surface area contributed by atoms with Gasteiger partial charge in [-0.2, -0.15) is 0 Å². The highest BCUT2D eigenvalue weighted by Gasteiger charge is 2.20. The molecule has 1 aromatic heterocycles.